The lowest BCUT2D eigenvalue weighted by atomic mass is 9.97. The fraction of sp³-hybridized carbons (Fsp3) is 0.308. The number of hydrogen-bond acceptors (Lipinski definition) is 7. The summed E-state index contributed by atoms with van der Waals surface area (Å²) in [6.07, 6.45) is 1.70. The smallest absolute Gasteiger partial charge is 0.297 e. The first-order chi connectivity index (χ1) is 16.4. The van der Waals surface area contributed by atoms with E-state index in [0.29, 0.717) is 34.0 Å². The number of amides is 1. The number of carbonyl (C=O) groups is 1. The van der Waals surface area contributed by atoms with E-state index in [9.17, 15) is 9.59 Å². The van der Waals surface area contributed by atoms with E-state index in [4.69, 9.17) is 9.15 Å². The highest BCUT2D eigenvalue weighted by Gasteiger charge is 2.45. The lowest BCUT2D eigenvalue weighted by molar-refractivity contribution is 0.0970. The molecule has 0 spiro atoms. The van der Waals surface area contributed by atoms with Crippen LogP contribution in [0.5, 0.6) is 5.75 Å². The molecule has 0 aliphatic carbocycles. The maximum absolute atomic E-state index is 13.8. The van der Waals surface area contributed by atoms with Gasteiger partial charge in [0, 0.05) is 6.42 Å². The highest BCUT2D eigenvalue weighted by atomic mass is 32.1. The van der Waals surface area contributed by atoms with Crippen LogP contribution >= 0.6 is 11.3 Å². The van der Waals surface area contributed by atoms with Gasteiger partial charge < -0.3 is 9.15 Å². The van der Waals surface area contributed by atoms with Crippen LogP contribution in [-0.4, -0.2) is 22.7 Å². The van der Waals surface area contributed by atoms with Crippen molar-refractivity contribution in [2.45, 2.75) is 46.6 Å². The second-order valence-corrected chi connectivity index (χ2v) is 9.46. The van der Waals surface area contributed by atoms with Crippen LogP contribution in [0.1, 0.15) is 64.1 Å². The Hall–Kier alpha value is -3.52. The van der Waals surface area contributed by atoms with Crippen LogP contribution < -0.4 is 15.1 Å². The van der Waals surface area contributed by atoms with Crippen LogP contribution in [-0.2, 0) is 6.42 Å². The molecular formula is C26H25N3O4S. The minimum Gasteiger partial charge on any atom is -0.494 e. The predicted octanol–water partition coefficient (Wildman–Crippen LogP) is 5.36. The average molecular weight is 476 g/mol. The maximum Gasteiger partial charge on any atom is 0.297 e. The zero-order valence-corrected chi connectivity index (χ0v) is 20.4. The Morgan fingerprint density at radius 1 is 1.09 bits per heavy atom. The van der Waals surface area contributed by atoms with Crippen LogP contribution in [0, 0.1) is 13.8 Å². The van der Waals surface area contributed by atoms with Crippen molar-refractivity contribution in [2.75, 3.05) is 11.5 Å². The van der Waals surface area contributed by atoms with Gasteiger partial charge in [-0.2, -0.15) is 0 Å². The number of rotatable bonds is 6. The number of fused-ring (bicyclic) bond motifs is 2. The molecule has 1 unspecified atom stereocenters. The molecule has 2 aromatic heterocycles. The van der Waals surface area contributed by atoms with Gasteiger partial charge in [-0.1, -0.05) is 30.4 Å². The summed E-state index contributed by atoms with van der Waals surface area (Å²) in [6, 6.07) is 10.4. The lowest BCUT2D eigenvalue weighted by Crippen LogP contribution is -2.29. The van der Waals surface area contributed by atoms with E-state index in [1.807, 2.05) is 57.2 Å². The van der Waals surface area contributed by atoms with Crippen molar-refractivity contribution in [1.82, 2.24) is 10.2 Å². The first kappa shape index (κ1) is 22.3. The van der Waals surface area contributed by atoms with Gasteiger partial charge >= 0.3 is 0 Å². The molecule has 8 heteroatoms. The molecule has 7 nitrogen and oxygen atoms in total. The van der Waals surface area contributed by atoms with Crippen LogP contribution in [0.2, 0.25) is 0 Å². The van der Waals surface area contributed by atoms with Gasteiger partial charge in [-0.05, 0) is 68.1 Å². The summed E-state index contributed by atoms with van der Waals surface area (Å²) in [5, 5.41) is 10.3. The molecule has 0 radical (unpaired) electrons. The zero-order valence-electron chi connectivity index (χ0n) is 19.5. The number of hydrogen-bond donors (Lipinski definition) is 0. The van der Waals surface area contributed by atoms with Crippen molar-refractivity contribution in [2.24, 2.45) is 0 Å². The van der Waals surface area contributed by atoms with E-state index >= 15 is 0 Å². The van der Waals surface area contributed by atoms with Crippen molar-refractivity contribution in [1.29, 1.82) is 0 Å². The van der Waals surface area contributed by atoms with Gasteiger partial charge in [0.05, 0.1) is 23.6 Å². The molecule has 3 heterocycles. The lowest BCUT2D eigenvalue weighted by Gasteiger charge is -2.22. The summed E-state index contributed by atoms with van der Waals surface area (Å²) in [6.45, 7) is 8.40. The molecule has 4 aromatic rings. The fourth-order valence-corrected chi connectivity index (χ4v) is 5.31. The molecule has 174 valence electrons. The molecule has 34 heavy (non-hydrogen) atoms. The third kappa shape index (κ3) is 3.58. The van der Waals surface area contributed by atoms with E-state index in [0.717, 1.165) is 34.5 Å². The quantitative estimate of drug-likeness (QED) is 0.373. The van der Waals surface area contributed by atoms with Crippen LogP contribution in [0.15, 0.2) is 45.6 Å². The standard InChI is InChI=1S/C26H25N3O4S/c1-5-8-20-27-28-26(34-20)29-22(16-9-7-10-17(13-16)32-6-2)21-23(30)18-11-14(3)15(4)12-19(18)33-24(21)25(29)31/h7,9-13,22H,5-6,8H2,1-4H3. The molecule has 1 aliphatic heterocycles. The SMILES string of the molecule is CCCc1nnc(N2C(=O)c3oc4cc(C)c(C)cc4c(=O)c3C2c2cccc(OCC)c2)s1. The minimum atomic E-state index is -0.687. The summed E-state index contributed by atoms with van der Waals surface area (Å²) in [7, 11) is 0. The molecule has 0 saturated heterocycles. The number of nitrogens with zero attached hydrogens (tertiary/aromatic N) is 3. The third-order valence-corrected chi connectivity index (χ3v) is 7.08. The number of anilines is 1. The number of aryl methyl sites for hydroxylation is 3. The Kier molecular flexibility index (Phi) is 5.69. The third-order valence-electron chi connectivity index (χ3n) is 6.10. The van der Waals surface area contributed by atoms with Crippen molar-refractivity contribution in [3.63, 3.8) is 0 Å². The van der Waals surface area contributed by atoms with E-state index in [2.05, 4.69) is 17.1 Å². The Morgan fingerprint density at radius 3 is 2.65 bits per heavy atom. The largest absolute Gasteiger partial charge is 0.494 e. The van der Waals surface area contributed by atoms with E-state index in [-0.39, 0.29) is 11.2 Å². The number of carbonyl (C=O) groups excluding carboxylic acids is 1. The topological polar surface area (TPSA) is 85.5 Å². The molecule has 1 atom stereocenters. The molecule has 1 aliphatic rings. The Morgan fingerprint density at radius 2 is 1.88 bits per heavy atom. The molecule has 2 aromatic carbocycles. The van der Waals surface area contributed by atoms with E-state index in [1.165, 1.54) is 16.2 Å². The maximum atomic E-state index is 13.8. The first-order valence-electron chi connectivity index (χ1n) is 11.4. The Balaban J connectivity index is 1.76. The second kappa shape index (κ2) is 8.68. The highest BCUT2D eigenvalue weighted by Crippen LogP contribution is 2.43. The van der Waals surface area contributed by atoms with Crippen molar-refractivity contribution >= 4 is 33.3 Å². The molecule has 0 N–H and O–H groups in total. The van der Waals surface area contributed by atoms with Gasteiger partial charge in [-0.15, -0.1) is 10.2 Å². The Bertz CT molecular complexity index is 1470. The molecule has 1 amide bonds. The minimum absolute atomic E-state index is 0.0554. The highest BCUT2D eigenvalue weighted by molar-refractivity contribution is 7.15. The Labute approximate surface area is 201 Å². The van der Waals surface area contributed by atoms with Crippen molar-refractivity contribution in [3.05, 3.63) is 79.6 Å². The summed E-state index contributed by atoms with van der Waals surface area (Å²) in [5.41, 5.74) is 3.26. The van der Waals surface area contributed by atoms with Crippen LogP contribution in [0.4, 0.5) is 5.13 Å². The summed E-state index contributed by atoms with van der Waals surface area (Å²) < 4.78 is 11.8. The van der Waals surface area contributed by atoms with Gasteiger partial charge in [-0.3, -0.25) is 14.5 Å². The molecule has 0 fully saturated rings. The van der Waals surface area contributed by atoms with Gasteiger partial charge in [0.2, 0.25) is 10.9 Å². The van der Waals surface area contributed by atoms with Crippen LogP contribution in [0.25, 0.3) is 11.0 Å². The van der Waals surface area contributed by atoms with E-state index in [1.54, 1.807) is 0 Å². The van der Waals surface area contributed by atoms with Gasteiger partial charge in [0.1, 0.15) is 16.3 Å². The van der Waals surface area contributed by atoms with Crippen LogP contribution in [0.3, 0.4) is 0 Å². The van der Waals surface area contributed by atoms with E-state index < -0.39 is 11.9 Å². The average Bonchev–Trinajstić information content (AvgIpc) is 3.38. The summed E-state index contributed by atoms with van der Waals surface area (Å²) in [5.74, 6) is 0.333. The van der Waals surface area contributed by atoms with Gasteiger partial charge in [-0.25, -0.2) is 0 Å². The predicted molar refractivity (Wildman–Crippen MR) is 132 cm³/mol. The molecule has 5 rings (SSSR count). The monoisotopic (exact) mass is 475 g/mol. The fourth-order valence-electron chi connectivity index (χ4n) is 4.34. The molecule has 0 bridgehead atoms. The van der Waals surface area contributed by atoms with Crippen molar-refractivity contribution < 1.29 is 13.9 Å². The first-order valence-corrected chi connectivity index (χ1v) is 12.2. The molecule has 0 saturated carbocycles. The van der Waals surface area contributed by atoms with Gasteiger partial charge in [0.15, 0.2) is 5.43 Å². The normalized spacial score (nSPS) is 15.2. The molecular weight excluding hydrogens is 450 g/mol. The number of benzene rings is 2. The summed E-state index contributed by atoms with van der Waals surface area (Å²) >= 11 is 1.36. The number of aromatic nitrogens is 2. The zero-order chi connectivity index (χ0) is 24.0. The summed E-state index contributed by atoms with van der Waals surface area (Å²) in [4.78, 5) is 29.1. The van der Waals surface area contributed by atoms with Crippen molar-refractivity contribution in [3.8, 4) is 5.75 Å². The second-order valence-electron chi connectivity index (χ2n) is 8.42. The number of ether oxygens (including phenoxy) is 1. The van der Waals surface area contributed by atoms with Gasteiger partial charge in [0.25, 0.3) is 5.91 Å².